The van der Waals surface area contributed by atoms with Crippen LogP contribution in [0, 0.1) is 5.41 Å². The molecule has 0 spiro atoms. The second-order valence-electron chi connectivity index (χ2n) is 6.82. The minimum Gasteiger partial charge on any atom is -0.485 e. The molecule has 3 nitrogen and oxygen atoms in total. The molecule has 0 aromatic heterocycles. The highest BCUT2D eigenvalue weighted by Crippen LogP contribution is 2.47. The van der Waals surface area contributed by atoms with Crippen LogP contribution in [0.2, 0.25) is 0 Å². The summed E-state index contributed by atoms with van der Waals surface area (Å²) in [5.41, 5.74) is -8.68. The van der Waals surface area contributed by atoms with Crippen LogP contribution >= 0.6 is 0 Å². The van der Waals surface area contributed by atoms with Crippen molar-refractivity contribution in [1.29, 1.82) is 0 Å². The number of carbonyl (C=O) groups excluding carboxylic acids is 1. The first kappa shape index (κ1) is 27.3. The topological polar surface area (TPSA) is 35.5 Å². The molecular formula is C16H20F10O3. The Bertz CT molecular complexity index is 598. The predicted molar refractivity (Wildman–Crippen MR) is 80.3 cm³/mol. The van der Waals surface area contributed by atoms with Crippen LogP contribution in [0.1, 0.15) is 40.5 Å². The lowest BCUT2D eigenvalue weighted by Crippen LogP contribution is -2.43. The number of hydrogen-bond acceptors (Lipinski definition) is 3. The van der Waals surface area contributed by atoms with Gasteiger partial charge < -0.3 is 9.47 Å². The van der Waals surface area contributed by atoms with Gasteiger partial charge in [-0.05, 0) is 27.2 Å². The molecule has 1 unspecified atom stereocenters. The van der Waals surface area contributed by atoms with Crippen molar-refractivity contribution in [3.63, 3.8) is 0 Å². The number of esters is 1. The largest absolute Gasteiger partial charge is 0.485 e. The zero-order valence-corrected chi connectivity index (χ0v) is 15.8. The fraction of sp³-hybridized carbons (Fsp3) is 0.812. The summed E-state index contributed by atoms with van der Waals surface area (Å²) in [5.74, 6) is -3.65. The molecule has 0 bridgehead atoms. The lowest BCUT2D eigenvalue weighted by molar-refractivity contribution is -0.219. The predicted octanol–water partition coefficient (Wildman–Crippen LogP) is 6.04. The van der Waals surface area contributed by atoms with Gasteiger partial charge in [0, 0.05) is 5.57 Å². The highest BCUT2D eigenvalue weighted by molar-refractivity contribution is 5.75. The summed E-state index contributed by atoms with van der Waals surface area (Å²) in [5, 5.41) is 0. The Kier molecular flexibility index (Phi) is 8.46. The molecule has 0 saturated heterocycles. The van der Waals surface area contributed by atoms with Gasteiger partial charge in [0.25, 0.3) is 0 Å². The second-order valence-corrected chi connectivity index (χ2v) is 6.82. The first-order valence-electron chi connectivity index (χ1n) is 8.10. The highest BCUT2D eigenvalue weighted by Gasteiger charge is 2.60. The van der Waals surface area contributed by atoms with Gasteiger partial charge in [0.1, 0.15) is 13.2 Å². The number of hydrogen-bond donors (Lipinski definition) is 0. The Morgan fingerprint density at radius 2 is 1.24 bits per heavy atom. The standard InChI is InChI=1S/C16H20F10O3/c1-5-12(2,3)11(27)29-7-6-28-10(15(21,22)23)9(8-14(18,19)20)13(4,17)16(24,25)26/h5-8H2,1-4H3/b10-9-. The van der Waals surface area contributed by atoms with Crippen molar-refractivity contribution < 1.29 is 58.2 Å². The van der Waals surface area contributed by atoms with Gasteiger partial charge in [-0.25, -0.2) is 4.39 Å². The highest BCUT2D eigenvalue weighted by atomic mass is 19.4. The van der Waals surface area contributed by atoms with E-state index in [9.17, 15) is 48.7 Å². The Balaban J connectivity index is 5.85. The van der Waals surface area contributed by atoms with Gasteiger partial charge in [-0.15, -0.1) is 0 Å². The Hall–Kier alpha value is -1.69. The molecule has 0 heterocycles. The maximum Gasteiger partial charge on any atom is 0.448 e. The van der Waals surface area contributed by atoms with E-state index in [0.717, 1.165) is 0 Å². The molecule has 29 heavy (non-hydrogen) atoms. The van der Waals surface area contributed by atoms with Gasteiger partial charge in [-0.2, -0.15) is 39.5 Å². The summed E-state index contributed by atoms with van der Waals surface area (Å²) in [4.78, 5) is 11.7. The van der Waals surface area contributed by atoms with Crippen molar-refractivity contribution >= 4 is 5.97 Å². The molecular weight excluding hydrogens is 430 g/mol. The Morgan fingerprint density at radius 1 is 0.793 bits per heavy atom. The number of allylic oxidation sites excluding steroid dienone is 2. The molecule has 0 aromatic rings. The first-order chi connectivity index (χ1) is 12.7. The molecule has 0 rings (SSSR count). The normalized spacial score (nSPS) is 16.8. The van der Waals surface area contributed by atoms with Crippen LogP contribution in [-0.4, -0.2) is 43.4 Å². The third-order valence-corrected chi connectivity index (χ3v) is 4.01. The van der Waals surface area contributed by atoms with Crippen molar-refractivity contribution in [1.82, 2.24) is 0 Å². The van der Waals surface area contributed by atoms with Gasteiger partial charge in [0.05, 0.1) is 11.8 Å². The summed E-state index contributed by atoms with van der Waals surface area (Å²) >= 11 is 0. The minimum atomic E-state index is -6.08. The van der Waals surface area contributed by atoms with Crippen molar-refractivity contribution in [2.24, 2.45) is 5.41 Å². The van der Waals surface area contributed by atoms with Crippen LogP contribution in [0.4, 0.5) is 43.9 Å². The van der Waals surface area contributed by atoms with E-state index in [-0.39, 0.29) is 6.42 Å². The number of carbonyl (C=O) groups is 1. The summed E-state index contributed by atoms with van der Waals surface area (Å²) in [6, 6.07) is 0. The van der Waals surface area contributed by atoms with Gasteiger partial charge in [-0.1, -0.05) is 6.92 Å². The quantitative estimate of drug-likeness (QED) is 0.196. The molecule has 13 heteroatoms. The maximum atomic E-state index is 14.1. The zero-order chi connectivity index (χ0) is 23.5. The van der Waals surface area contributed by atoms with Crippen LogP contribution in [0.15, 0.2) is 11.3 Å². The number of alkyl halides is 10. The summed E-state index contributed by atoms with van der Waals surface area (Å²) in [7, 11) is 0. The van der Waals surface area contributed by atoms with E-state index in [2.05, 4.69) is 9.47 Å². The Labute approximate surface area is 160 Å². The van der Waals surface area contributed by atoms with E-state index in [1.807, 2.05) is 0 Å². The van der Waals surface area contributed by atoms with E-state index >= 15 is 0 Å². The van der Waals surface area contributed by atoms with E-state index in [1.54, 1.807) is 6.92 Å². The average molecular weight is 450 g/mol. The van der Waals surface area contributed by atoms with Gasteiger partial charge in [-0.3, -0.25) is 4.79 Å². The molecule has 0 N–H and O–H groups in total. The van der Waals surface area contributed by atoms with Crippen molar-refractivity contribution in [3.8, 4) is 0 Å². The van der Waals surface area contributed by atoms with Crippen LogP contribution in [0.25, 0.3) is 0 Å². The molecule has 0 radical (unpaired) electrons. The van der Waals surface area contributed by atoms with E-state index in [0.29, 0.717) is 0 Å². The molecule has 0 aliphatic rings. The monoisotopic (exact) mass is 450 g/mol. The van der Waals surface area contributed by atoms with Crippen molar-refractivity contribution in [2.75, 3.05) is 13.2 Å². The summed E-state index contributed by atoms with van der Waals surface area (Å²) in [6.45, 7) is 1.87. The average Bonchev–Trinajstić information content (AvgIpc) is 2.49. The lowest BCUT2D eigenvalue weighted by atomic mass is 9.91. The minimum absolute atomic E-state index is 0.280. The van der Waals surface area contributed by atoms with Gasteiger partial charge in [0.15, 0.2) is 0 Å². The maximum absolute atomic E-state index is 14.1. The smallest absolute Gasteiger partial charge is 0.448 e. The third-order valence-electron chi connectivity index (χ3n) is 4.01. The summed E-state index contributed by atoms with van der Waals surface area (Å²) < 4.78 is 138. The number of halogens is 10. The molecule has 0 fully saturated rings. The first-order valence-corrected chi connectivity index (χ1v) is 8.10. The Morgan fingerprint density at radius 3 is 1.59 bits per heavy atom. The van der Waals surface area contributed by atoms with Crippen LogP contribution in [0.3, 0.4) is 0 Å². The van der Waals surface area contributed by atoms with E-state index in [1.165, 1.54) is 13.8 Å². The van der Waals surface area contributed by atoms with Crippen molar-refractivity contribution in [3.05, 3.63) is 11.3 Å². The van der Waals surface area contributed by atoms with E-state index in [4.69, 9.17) is 0 Å². The van der Waals surface area contributed by atoms with E-state index < -0.39 is 73.5 Å². The van der Waals surface area contributed by atoms with Crippen LogP contribution in [-0.2, 0) is 14.3 Å². The second kappa shape index (κ2) is 8.99. The molecule has 0 aliphatic heterocycles. The molecule has 0 amide bonds. The fourth-order valence-corrected chi connectivity index (χ4v) is 1.79. The fourth-order valence-electron chi connectivity index (χ4n) is 1.79. The molecule has 0 saturated carbocycles. The SMILES string of the molecule is CCC(C)(C)C(=O)OCCO/C(=C(/CC(F)(F)F)C(C)(F)C(F)(F)F)C(F)(F)F. The van der Waals surface area contributed by atoms with Gasteiger partial charge >= 0.3 is 24.5 Å². The number of ether oxygens (including phenoxy) is 2. The molecule has 0 aliphatic carbocycles. The lowest BCUT2D eigenvalue weighted by Gasteiger charge is -2.30. The summed E-state index contributed by atoms with van der Waals surface area (Å²) in [6.07, 6.45) is -20.1. The van der Waals surface area contributed by atoms with Crippen molar-refractivity contribution in [2.45, 2.75) is 64.7 Å². The van der Waals surface area contributed by atoms with Gasteiger partial charge in [0.2, 0.25) is 11.4 Å². The van der Waals surface area contributed by atoms with Crippen LogP contribution < -0.4 is 0 Å². The zero-order valence-electron chi connectivity index (χ0n) is 15.8. The van der Waals surface area contributed by atoms with Crippen LogP contribution in [0.5, 0.6) is 0 Å². The molecule has 172 valence electrons. The molecule has 0 aromatic carbocycles. The third kappa shape index (κ3) is 7.92. The molecule has 1 atom stereocenters. The number of rotatable bonds is 8.